The number of ether oxygens (including phenoxy) is 1. The summed E-state index contributed by atoms with van der Waals surface area (Å²) >= 11 is 0. The van der Waals surface area contributed by atoms with Crippen LogP contribution in [0.15, 0.2) is 30.3 Å². The number of carbonyl (C=O) groups excluding carboxylic acids is 1. The molecular weight excluding hydrogens is 276 g/mol. The first-order valence-corrected chi connectivity index (χ1v) is 6.86. The number of piperazine rings is 1. The van der Waals surface area contributed by atoms with E-state index in [0.29, 0.717) is 18.6 Å². The smallest absolute Gasteiger partial charge is 0.410 e. The number of hydrogen-bond donors (Lipinski definition) is 1. The molecule has 5 heteroatoms. The van der Waals surface area contributed by atoms with Crippen LogP contribution >= 0.6 is 12.4 Å². The normalized spacial score (nSPS) is 18.6. The van der Waals surface area contributed by atoms with Gasteiger partial charge in [-0.05, 0) is 11.5 Å². The van der Waals surface area contributed by atoms with Crippen LogP contribution in [-0.2, 0) is 11.3 Å². The van der Waals surface area contributed by atoms with Gasteiger partial charge >= 0.3 is 6.09 Å². The lowest BCUT2D eigenvalue weighted by Crippen LogP contribution is -2.54. The van der Waals surface area contributed by atoms with Crippen LogP contribution in [0.5, 0.6) is 0 Å². The lowest BCUT2D eigenvalue weighted by molar-refractivity contribution is 0.0809. The van der Waals surface area contributed by atoms with Crippen molar-refractivity contribution in [3.05, 3.63) is 35.9 Å². The first-order valence-electron chi connectivity index (χ1n) is 6.86. The van der Waals surface area contributed by atoms with E-state index < -0.39 is 0 Å². The number of halogens is 1. The Morgan fingerprint density at radius 3 is 2.75 bits per heavy atom. The Morgan fingerprint density at radius 1 is 1.40 bits per heavy atom. The Morgan fingerprint density at radius 2 is 2.10 bits per heavy atom. The zero-order chi connectivity index (χ0) is 13.7. The number of hydrogen-bond acceptors (Lipinski definition) is 3. The summed E-state index contributed by atoms with van der Waals surface area (Å²) < 4.78 is 5.35. The zero-order valence-corrected chi connectivity index (χ0v) is 12.9. The van der Waals surface area contributed by atoms with Crippen LogP contribution in [0, 0.1) is 5.92 Å². The van der Waals surface area contributed by atoms with Gasteiger partial charge in [-0.15, -0.1) is 12.4 Å². The van der Waals surface area contributed by atoms with Crippen molar-refractivity contribution in [2.45, 2.75) is 26.5 Å². The van der Waals surface area contributed by atoms with E-state index in [1.165, 1.54) is 0 Å². The molecule has 1 amide bonds. The topological polar surface area (TPSA) is 41.6 Å². The minimum Gasteiger partial charge on any atom is -0.445 e. The van der Waals surface area contributed by atoms with E-state index in [9.17, 15) is 4.79 Å². The van der Waals surface area contributed by atoms with E-state index in [1.54, 1.807) is 4.90 Å². The molecule has 2 rings (SSSR count). The summed E-state index contributed by atoms with van der Waals surface area (Å²) in [6.07, 6.45) is -0.212. The molecule has 1 N–H and O–H groups in total. The molecule has 1 heterocycles. The van der Waals surface area contributed by atoms with Crippen molar-refractivity contribution < 1.29 is 9.53 Å². The molecule has 4 nitrogen and oxygen atoms in total. The van der Waals surface area contributed by atoms with Gasteiger partial charge in [0.25, 0.3) is 0 Å². The fourth-order valence-corrected chi connectivity index (χ4v) is 2.20. The molecule has 0 bridgehead atoms. The van der Waals surface area contributed by atoms with Crippen LogP contribution < -0.4 is 5.32 Å². The van der Waals surface area contributed by atoms with Crippen molar-refractivity contribution >= 4 is 18.5 Å². The highest BCUT2D eigenvalue weighted by atomic mass is 35.5. The van der Waals surface area contributed by atoms with Crippen LogP contribution in [0.3, 0.4) is 0 Å². The molecule has 1 aliphatic rings. The van der Waals surface area contributed by atoms with Crippen molar-refractivity contribution in [2.24, 2.45) is 5.92 Å². The van der Waals surface area contributed by atoms with Gasteiger partial charge < -0.3 is 15.0 Å². The minimum atomic E-state index is -0.212. The van der Waals surface area contributed by atoms with Crippen molar-refractivity contribution in [1.29, 1.82) is 0 Å². The van der Waals surface area contributed by atoms with Gasteiger partial charge in [-0.25, -0.2) is 4.79 Å². The highest BCUT2D eigenvalue weighted by Gasteiger charge is 2.25. The maximum Gasteiger partial charge on any atom is 0.410 e. The SMILES string of the molecule is CC(C)[C@@H]1CN(C(=O)OCc2ccccc2)CCN1.Cl. The van der Waals surface area contributed by atoms with Gasteiger partial charge in [0.1, 0.15) is 6.61 Å². The predicted octanol–water partition coefficient (Wildman–Crippen LogP) is 2.67. The maximum absolute atomic E-state index is 12.0. The molecular formula is C15H23ClN2O2. The average Bonchev–Trinajstić information content (AvgIpc) is 2.46. The third kappa shape index (κ3) is 4.69. The summed E-state index contributed by atoms with van der Waals surface area (Å²) in [6, 6.07) is 10.1. The van der Waals surface area contributed by atoms with Gasteiger partial charge in [-0.2, -0.15) is 0 Å². The zero-order valence-electron chi connectivity index (χ0n) is 12.0. The first-order chi connectivity index (χ1) is 9.16. The Balaban J connectivity index is 0.00000200. The van der Waals surface area contributed by atoms with Gasteiger partial charge in [0.15, 0.2) is 0 Å². The molecule has 1 atom stereocenters. The van der Waals surface area contributed by atoms with Gasteiger partial charge in [0.05, 0.1) is 0 Å². The third-order valence-electron chi connectivity index (χ3n) is 3.47. The lowest BCUT2D eigenvalue weighted by Gasteiger charge is -2.35. The fourth-order valence-electron chi connectivity index (χ4n) is 2.20. The van der Waals surface area contributed by atoms with Crippen LogP contribution in [0.25, 0.3) is 0 Å². The Labute approximate surface area is 126 Å². The molecule has 0 aromatic heterocycles. The molecule has 0 radical (unpaired) electrons. The Kier molecular flexibility index (Phi) is 6.82. The van der Waals surface area contributed by atoms with Crippen molar-refractivity contribution in [2.75, 3.05) is 19.6 Å². The molecule has 1 saturated heterocycles. The predicted molar refractivity (Wildman–Crippen MR) is 82.1 cm³/mol. The van der Waals surface area contributed by atoms with E-state index in [0.717, 1.165) is 25.2 Å². The third-order valence-corrected chi connectivity index (χ3v) is 3.47. The van der Waals surface area contributed by atoms with Crippen LogP contribution in [0.1, 0.15) is 19.4 Å². The fraction of sp³-hybridized carbons (Fsp3) is 0.533. The lowest BCUT2D eigenvalue weighted by atomic mass is 10.0. The molecule has 1 aliphatic heterocycles. The maximum atomic E-state index is 12.0. The number of rotatable bonds is 3. The number of amides is 1. The molecule has 1 aromatic rings. The highest BCUT2D eigenvalue weighted by molar-refractivity contribution is 5.85. The summed E-state index contributed by atoms with van der Waals surface area (Å²) in [5, 5.41) is 3.43. The summed E-state index contributed by atoms with van der Waals surface area (Å²) in [4.78, 5) is 13.8. The second kappa shape index (κ2) is 8.12. The van der Waals surface area contributed by atoms with Gasteiger partial charge in [-0.1, -0.05) is 44.2 Å². The van der Waals surface area contributed by atoms with Crippen LogP contribution in [-0.4, -0.2) is 36.7 Å². The summed E-state index contributed by atoms with van der Waals surface area (Å²) in [6.45, 7) is 6.95. The van der Waals surface area contributed by atoms with E-state index in [2.05, 4.69) is 19.2 Å². The number of benzene rings is 1. The van der Waals surface area contributed by atoms with E-state index in [-0.39, 0.29) is 18.5 Å². The second-order valence-electron chi connectivity index (χ2n) is 5.29. The quantitative estimate of drug-likeness (QED) is 0.933. The number of nitrogens with zero attached hydrogens (tertiary/aromatic N) is 1. The monoisotopic (exact) mass is 298 g/mol. The van der Waals surface area contributed by atoms with E-state index in [4.69, 9.17) is 4.74 Å². The summed E-state index contributed by atoms with van der Waals surface area (Å²) in [5.74, 6) is 0.518. The molecule has 0 unspecified atom stereocenters. The molecule has 20 heavy (non-hydrogen) atoms. The summed E-state index contributed by atoms with van der Waals surface area (Å²) in [7, 11) is 0. The largest absolute Gasteiger partial charge is 0.445 e. The Bertz CT molecular complexity index is 412. The number of nitrogens with one attached hydrogen (secondary N) is 1. The molecule has 1 fully saturated rings. The van der Waals surface area contributed by atoms with Gasteiger partial charge in [0, 0.05) is 25.7 Å². The minimum absolute atomic E-state index is 0. The average molecular weight is 299 g/mol. The van der Waals surface area contributed by atoms with Crippen LogP contribution in [0.2, 0.25) is 0 Å². The van der Waals surface area contributed by atoms with Crippen molar-refractivity contribution in [3.63, 3.8) is 0 Å². The van der Waals surface area contributed by atoms with Crippen molar-refractivity contribution in [3.8, 4) is 0 Å². The molecule has 0 aliphatic carbocycles. The first kappa shape index (κ1) is 16.8. The molecule has 0 saturated carbocycles. The highest BCUT2D eigenvalue weighted by Crippen LogP contribution is 2.10. The Hall–Kier alpha value is -1.26. The van der Waals surface area contributed by atoms with E-state index >= 15 is 0 Å². The second-order valence-corrected chi connectivity index (χ2v) is 5.29. The summed E-state index contributed by atoms with van der Waals surface area (Å²) in [5.41, 5.74) is 1.02. The van der Waals surface area contributed by atoms with Gasteiger partial charge in [0.2, 0.25) is 0 Å². The molecule has 1 aromatic carbocycles. The number of carbonyl (C=O) groups is 1. The van der Waals surface area contributed by atoms with Gasteiger partial charge in [-0.3, -0.25) is 0 Å². The van der Waals surface area contributed by atoms with Crippen LogP contribution in [0.4, 0.5) is 4.79 Å². The van der Waals surface area contributed by atoms with E-state index in [1.807, 2.05) is 30.3 Å². The van der Waals surface area contributed by atoms with Crippen molar-refractivity contribution in [1.82, 2.24) is 10.2 Å². The standard InChI is InChI=1S/C15H22N2O2.ClH/c1-12(2)14-10-17(9-8-16-14)15(18)19-11-13-6-4-3-5-7-13;/h3-7,12,14,16H,8-11H2,1-2H3;1H/t14-;/m0./s1. The molecule has 112 valence electrons. The molecule has 0 spiro atoms.